The van der Waals surface area contributed by atoms with Crippen molar-refractivity contribution in [3.63, 3.8) is 0 Å². The van der Waals surface area contributed by atoms with Gasteiger partial charge in [0.25, 0.3) is 5.69 Å². The number of phenols is 1. The van der Waals surface area contributed by atoms with E-state index in [1.54, 1.807) is 12.1 Å². The predicted molar refractivity (Wildman–Crippen MR) is 98.1 cm³/mol. The first-order valence-corrected chi connectivity index (χ1v) is 8.60. The quantitative estimate of drug-likeness (QED) is 0.436. The largest absolute Gasteiger partial charge is 0.507 e. The number of nitro benzene ring substituents is 1. The van der Waals surface area contributed by atoms with Crippen molar-refractivity contribution in [3.05, 3.63) is 68.7 Å². The summed E-state index contributed by atoms with van der Waals surface area (Å²) in [5.74, 6) is 0.363. The minimum atomic E-state index is -0.581. The second kappa shape index (κ2) is 9.05. The fourth-order valence-corrected chi connectivity index (χ4v) is 2.71. The number of hydrazone groups is 1. The molecule has 0 saturated carbocycles. The van der Waals surface area contributed by atoms with Crippen molar-refractivity contribution in [2.24, 2.45) is 5.10 Å². The van der Waals surface area contributed by atoms with Gasteiger partial charge in [-0.05, 0) is 23.8 Å². The number of benzene rings is 2. The van der Waals surface area contributed by atoms with E-state index in [9.17, 15) is 20.0 Å². The fourth-order valence-electron chi connectivity index (χ4n) is 1.81. The number of aromatic hydroxyl groups is 1. The first-order valence-electron chi connectivity index (χ1n) is 7.07. The third kappa shape index (κ3) is 6.09. The van der Waals surface area contributed by atoms with Crippen molar-refractivity contribution < 1.29 is 14.8 Å². The molecular weight excluding hydrogens is 366 g/mol. The molecule has 2 rings (SSSR count). The van der Waals surface area contributed by atoms with Crippen LogP contribution in [0.1, 0.15) is 11.1 Å². The van der Waals surface area contributed by atoms with E-state index in [0.29, 0.717) is 10.8 Å². The molecule has 1 amide bonds. The molecule has 0 fully saturated rings. The molecule has 2 N–H and O–H groups in total. The molecule has 9 heteroatoms. The van der Waals surface area contributed by atoms with Crippen molar-refractivity contribution in [2.45, 2.75) is 5.75 Å². The van der Waals surface area contributed by atoms with Gasteiger partial charge in [0.05, 0.1) is 16.9 Å². The summed E-state index contributed by atoms with van der Waals surface area (Å²) in [6.07, 6.45) is 1.16. The number of thioether (sulfide) groups is 1. The molecule has 0 unspecified atom stereocenters. The van der Waals surface area contributed by atoms with E-state index in [-0.39, 0.29) is 28.7 Å². The zero-order chi connectivity index (χ0) is 18.2. The molecule has 0 aliphatic carbocycles. The topological polar surface area (TPSA) is 105 Å². The van der Waals surface area contributed by atoms with Gasteiger partial charge < -0.3 is 5.11 Å². The molecule has 25 heavy (non-hydrogen) atoms. The lowest BCUT2D eigenvalue weighted by atomic mass is 10.2. The number of carbonyl (C=O) groups excluding carboxylic acids is 1. The van der Waals surface area contributed by atoms with E-state index < -0.39 is 4.92 Å². The second-order valence-electron chi connectivity index (χ2n) is 4.91. The summed E-state index contributed by atoms with van der Waals surface area (Å²) < 4.78 is 0. The van der Waals surface area contributed by atoms with E-state index in [0.717, 1.165) is 11.8 Å². The highest BCUT2D eigenvalue weighted by Crippen LogP contribution is 2.21. The number of carbonyl (C=O) groups is 1. The first kappa shape index (κ1) is 18.8. The summed E-state index contributed by atoms with van der Waals surface area (Å²) in [4.78, 5) is 21.8. The van der Waals surface area contributed by atoms with Crippen LogP contribution in [0.2, 0.25) is 5.02 Å². The number of hydrogen-bond acceptors (Lipinski definition) is 6. The highest BCUT2D eigenvalue weighted by atomic mass is 35.5. The minimum Gasteiger partial charge on any atom is -0.507 e. The standard InChI is InChI=1S/C16H14ClN3O4S/c17-13-3-1-11(2-4-13)9-25-10-16(22)19-18-8-12-7-14(20(23)24)5-6-15(12)21/h1-8,21H,9-10H2,(H,19,22)/b18-8-. The van der Waals surface area contributed by atoms with E-state index >= 15 is 0 Å². The first-order chi connectivity index (χ1) is 12.0. The summed E-state index contributed by atoms with van der Waals surface area (Å²) in [6, 6.07) is 10.9. The van der Waals surface area contributed by atoms with Crippen molar-refractivity contribution >= 4 is 41.2 Å². The van der Waals surface area contributed by atoms with Crippen molar-refractivity contribution in [1.29, 1.82) is 0 Å². The van der Waals surface area contributed by atoms with Gasteiger partial charge in [0, 0.05) is 28.5 Å². The number of nitrogens with one attached hydrogen (secondary N) is 1. The Labute approximate surface area is 152 Å². The minimum absolute atomic E-state index is 0.142. The normalized spacial score (nSPS) is 10.8. The number of amides is 1. The van der Waals surface area contributed by atoms with Crippen LogP contribution in [0.5, 0.6) is 5.75 Å². The van der Waals surface area contributed by atoms with Crippen molar-refractivity contribution in [2.75, 3.05) is 5.75 Å². The SMILES string of the molecule is O=C(CSCc1ccc(Cl)cc1)N/N=C\c1cc([N+](=O)[O-])ccc1O. The number of halogens is 1. The highest BCUT2D eigenvalue weighted by Gasteiger charge is 2.09. The molecule has 0 saturated heterocycles. The van der Waals surface area contributed by atoms with Crippen LogP contribution in [0.4, 0.5) is 5.69 Å². The molecule has 0 spiro atoms. The number of phenolic OH excluding ortho intramolecular Hbond substituents is 1. The zero-order valence-corrected chi connectivity index (χ0v) is 14.5. The third-order valence-electron chi connectivity index (χ3n) is 3.03. The molecule has 2 aromatic rings. The smallest absolute Gasteiger partial charge is 0.270 e. The number of hydrogen-bond donors (Lipinski definition) is 2. The molecule has 2 aromatic carbocycles. The van der Waals surface area contributed by atoms with Gasteiger partial charge in [-0.3, -0.25) is 14.9 Å². The maximum absolute atomic E-state index is 11.7. The van der Waals surface area contributed by atoms with Gasteiger partial charge >= 0.3 is 0 Å². The Morgan fingerprint density at radius 2 is 2.04 bits per heavy atom. The number of non-ortho nitro benzene ring substituents is 1. The summed E-state index contributed by atoms with van der Waals surface area (Å²) in [6.45, 7) is 0. The molecule has 0 atom stereocenters. The Kier molecular flexibility index (Phi) is 6.79. The van der Waals surface area contributed by atoms with Gasteiger partial charge in [0.2, 0.25) is 5.91 Å². The Balaban J connectivity index is 1.81. The van der Waals surface area contributed by atoms with Crippen LogP contribution in [0.3, 0.4) is 0 Å². The fraction of sp³-hybridized carbons (Fsp3) is 0.125. The molecule has 130 valence electrons. The molecule has 0 aromatic heterocycles. The summed E-state index contributed by atoms with van der Waals surface area (Å²) >= 11 is 7.21. The lowest BCUT2D eigenvalue weighted by Gasteiger charge is -2.02. The second-order valence-corrected chi connectivity index (χ2v) is 6.33. The number of nitro groups is 1. The zero-order valence-electron chi connectivity index (χ0n) is 12.9. The van der Waals surface area contributed by atoms with Crippen LogP contribution < -0.4 is 5.43 Å². The Bertz CT molecular complexity index is 796. The monoisotopic (exact) mass is 379 g/mol. The summed E-state index contributed by atoms with van der Waals surface area (Å²) in [5.41, 5.74) is 3.32. The average molecular weight is 380 g/mol. The van der Waals surface area contributed by atoms with Crippen molar-refractivity contribution in [1.82, 2.24) is 5.43 Å². The molecule has 0 aliphatic rings. The maximum atomic E-state index is 11.7. The molecule has 0 aliphatic heterocycles. The maximum Gasteiger partial charge on any atom is 0.270 e. The molecule has 0 radical (unpaired) electrons. The van der Waals surface area contributed by atoms with Gasteiger partial charge in [0.15, 0.2) is 0 Å². The summed E-state index contributed by atoms with van der Waals surface area (Å²) in [7, 11) is 0. The Morgan fingerprint density at radius 1 is 1.32 bits per heavy atom. The van der Waals surface area contributed by atoms with Gasteiger partial charge in [-0.2, -0.15) is 5.10 Å². The van der Waals surface area contributed by atoms with Crippen molar-refractivity contribution in [3.8, 4) is 5.75 Å². The van der Waals surface area contributed by atoms with Crippen LogP contribution in [-0.2, 0) is 10.5 Å². The van der Waals surface area contributed by atoms with E-state index in [1.165, 1.54) is 30.0 Å². The van der Waals surface area contributed by atoms with Crippen LogP contribution in [0.15, 0.2) is 47.6 Å². The van der Waals surface area contributed by atoms with Crippen LogP contribution in [-0.4, -0.2) is 27.9 Å². The van der Waals surface area contributed by atoms with Gasteiger partial charge in [0.1, 0.15) is 5.75 Å². The molecule has 0 bridgehead atoms. The van der Waals surface area contributed by atoms with Gasteiger partial charge in [-0.25, -0.2) is 5.43 Å². The van der Waals surface area contributed by atoms with Crippen LogP contribution >= 0.6 is 23.4 Å². The Hall–Kier alpha value is -2.58. The number of nitrogens with zero attached hydrogens (tertiary/aromatic N) is 2. The van der Waals surface area contributed by atoms with Gasteiger partial charge in [-0.1, -0.05) is 23.7 Å². The third-order valence-corrected chi connectivity index (χ3v) is 4.29. The van der Waals surface area contributed by atoms with E-state index in [4.69, 9.17) is 11.6 Å². The predicted octanol–water partition coefficient (Wildman–Crippen LogP) is 3.34. The molecular formula is C16H14ClN3O4S. The highest BCUT2D eigenvalue weighted by molar-refractivity contribution is 7.99. The van der Waals surface area contributed by atoms with Crippen LogP contribution in [0.25, 0.3) is 0 Å². The van der Waals surface area contributed by atoms with Gasteiger partial charge in [-0.15, -0.1) is 11.8 Å². The summed E-state index contributed by atoms with van der Waals surface area (Å²) in [5, 5.41) is 24.7. The Morgan fingerprint density at radius 3 is 2.72 bits per heavy atom. The molecule has 7 nitrogen and oxygen atoms in total. The average Bonchev–Trinajstić information content (AvgIpc) is 2.58. The lowest BCUT2D eigenvalue weighted by molar-refractivity contribution is -0.384. The lowest BCUT2D eigenvalue weighted by Crippen LogP contribution is -2.19. The molecule has 0 heterocycles. The van der Waals surface area contributed by atoms with Crippen LogP contribution in [0, 0.1) is 10.1 Å². The van der Waals surface area contributed by atoms with E-state index in [2.05, 4.69) is 10.5 Å². The van der Waals surface area contributed by atoms with E-state index in [1.807, 2.05) is 12.1 Å². The number of rotatable bonds is 7.